The van der Waals surface area contributed by atoms with E-state index in [-0.39, 0.29) is 122 Å². The van der Waals surface area contributed by atoms with E-state index >= 15 is 0 Å². The number of rotatable bonds is 29. The third-order valence-electron chi connectivity index (χ3n) is 14.9. The molecule has 0 saturated carbocycles. The van der Waals surface area contributed by atoms with Crippen LogP contribution in [0, 0.1) is 0 Å². The molecule has 556 valence electrons. The number of fused-ring (bicyclic) bond motifs is 4. The molecule has 3 aliphatic rings. The van der Waals surface area contributed by atoms with E-state index in [0.717, 1.165) is 101 Å². The van der Waals surface area contributed by atoms with Crippen molar-refractivity contribution in [1.82, 2.24) is 34.9 Å². The van der Waals surface area contributed by atoms with Crippen LogP contribution >= 0.6 is 23.2 Å². The Labute approximate surface area is 610 Å². The number of benzene rings is 5. The topological polar surface area (TPSA) is 545 Å². The molecular weight excluding hydrogens is 1570 g/mol. The largest absolute Gasteiger partial charge is 0.545 e. The summed E-state index contributed by atoms with van der Waals surface area (Å²) < 4.78 is 202. The smallest absolute Gasteiger partial charge is 0.444 e. The summed E-state index contributed by atoms with van der Waals surface area (Å²) in [5, 5.41) is 39.8. The van der Waals surface area contributed by atoms with Crippen LogP contribution in [-0.2, 0) is 85.8 Å². The summed E-state index contributed by atoms with van der Waals surface area (Å²) in [6.07, 6.45) is 4.89. The van der Waals surface area contributed by atoms with E-state index in [9.17, 15) is 70.3 Å². The number of carboxylic acids is 2. The maximum Gasteiger partial charge on any atom is 0.444 e. The van der Waals surface area contributed by atoms with Gasteiger partial charge >= 0.3 is 55.9 Å². The van der Waals surface area contributed by atoms with Crippen molar-refractivity contribution >= 4 is 159 Å². The Bertz CT molecular complexity index is 6050. The minimum atomic E-state index is -4.79. The molecule has 0 saturated heterocycles. The SMILES string of the molecule is COS(=O)(=O)c1ccc(S(=O)(=O)OC)c(Nc2nc(NCCN=c3ccc4nc5c(Cl)c6c(c(Cl)c5oc-4c3S(=O)(=O)OC)Nc3ccc(NCCNc4nc(Nc5cc(S(=O)(=O)OC)ccc5S(=O)(=O)OC)nc(-[n+]5cccc(C(=O)[O-])c5)n4)c(S(=O)(=O)OC)c3O6)nc(-[n+]3cccc(C(=O)[O-])c3)n2)c1. The first-order valence-corrected chi connectivity index (χ1v) is 38.6. The fourth-order valence-corrected chi connectivity index (χ4v) is 15.2. The predicted octanol–water partition coefficient (Wildman–Crippen LogP) is 1.77. The van der Waals surface area contributed by atoms with Gasteiger partial charge in [-0.15, -0.1) is 9.97 Å². The minimum Gasteiger partial charge on any atom is -0.545 e. The first-order valence-electron chi connectivity index (χ1n) is 29.4. The lowest BCUT2D eigenvalue weighted by atomic mass is 10.1. The Balaban J connectivity index is 0.884. The van der Waals surface area contributed by atoms with E-state index < -0.39 is 131 Å². The molecule has 48 heteroatoms. The molecule has 0 spiro atoms. The predicted molar refractivity (Wildman–Crippen MR) is 362 cm³/mol. The molecule has 4 aromatic heterocycles. The van der Waals surface area contributed by atoms with E-state index in [0.29, 0.717) is 0 Å². The Kier molecular flexibility index (Phi) is 21.7. The molecule has 2 aliphatic heterocycles. The first kappa shape index (κ1) is 76.5. The van der Waals surface area contributed by atoms with Crippen LogP contribution in [0.25, 0.3) is 34.5 Å². The van der Waals surface area contributed by atoms with Crippen molar-refractivity contribution in [3.8, 4) is 34.8 Å². The molecule has 1 aliphatic carbocycles. The van der Waals surface area contributed by atoms with Crippen LogP contribution in [0.4, 0.5) is 52.2 Å². The van der Waals surface area contributed by atoms with Gasteiger partial charge in [-0.2, -0.15) is 50.5 Å². The van der Waals surface area contributed by atoms with Gasteiger partial charge < -0.3 is 60.9 Å². The molecule has 6 N–H and O–H groups in total. The molecular formula is C58H50Cl2N16O24S6. The molecule has 6 heterocycles. The summed E-state index contributed by atoms with van der Waals surface area (Å²) >= 11 is 14.1. The number of anilines is 9. The number of aromatic nitrogens is 9. The van der Waals surface area contributed by atoms with Crippen molar-refractivity contribution in [2.24, 2.45) is 4.99 Å². The standard InChI is InChI=1S/C58H50Cl2N16O24S6/c1-93-101(81,82)31-11-17-39(103(85,86)95-3)37(25-31)67-55-69-53(71-57(73-55)75-23-7-9-29(27-75)51(77)78)63-21-19-61-35-15-13-33-45(49(35)105(89,90)97-5)99-47-41(59)44-48(42(60)43(47)65-33)100-46-34(66-44)14-16-36(50(46)106(91,92)98-6)62-20-22-64-54-70-56(74-58(72-54)76-24-8-10-30(28-76)52(79)80)68-38-26-32(102(83,84)94-2)12-18-40(38)104(87,88)96-4/h7-18,23-28H,19-22H2,1-6H3,(H6-2,61,62,63,64,65,66,67,68,69,70,71,72,73,74,77,78,79,80). The maximum absolute atomic E-state index is 14.0. The van der Waals surface area contributed by atoms with Gasteiger partial charge in [0.1, 0.15) is 36.7 Å². The highest BCUT2D eigenvalue weighted by Crippen LogP contribution is 2.55. The molecule has 0 bridgehead atoms. The molecule has 0 fully saturated rings. The third kappa shape index (κ3) is 15.7. The van der Waals surface area contributed by atoms with Crippen molar-refractivity contribution in [2.75, 3.05) is 101 Å². The lowest BCUT2D eigenvalue weighted by molar-refractivity contribution is -0.604. The number of carbonyl (C=O) groups excluding carboxylic acids is 2. The summed E-state index contributed by atoms with van der Waals surface area (Å²) in [6.45, 7) is -0.861. The Morgan fingerprint density at radius 3 is 1.50 bits per heavy atom. The van der Waals surface area contributed by atoms with Crippen LogP contribution in [0.5, 0.6) is 11.5 Å². The zero-order chi connectivity index (χ0) is 76.6. The average Bonchev–Trinajstić information content (AvgIpc) is 0.721. The van der Waals surface area contributed by atoms with E-state index in [1.807, 2.05) is 0 Å². The number of nitrogens with zero attached hydrogens (tertiary/aromatic N) is 10. The van der Waals surface area contributed by atoms with Crippen LogP contribution in [0.1, 0.15) is 20.7 Å². The van der Waals surface area contributed by atoms with Gasteiger partial charge in [0.2, 0.25) is 0 Å². The second-order valence-electron chi connectivity index (χ2n) is 21.1. The van der Waals surface area contributed by atoms with Gasteiger partial charge in [0.15, 0.2) is 32.6 Å². The van der Waals surface area contributed by atoms with Crippen molar-refractivity contribution in [3.63, 3.8) is 0 Å². The van der Waals surface area contributed by atoms with Crippen molar-refractivity contribution in [1.29, 1.82) is 0 Å². The van der Waals surface area contributed by atoms with E-state index in [1.165, 1.54) is 60.9 Å². The van der Waals surface area contributed by atoms with Gasteiger partial charge in [-0.05, 0) is 105 Å². The number of hydrogen-bond acceptors (Lipinski definition) is 38. The Morgan fingerprint density at radius 2 is 1.00 bits per heavy atom. The van der Waals surface area contributed by atoms with Crippen molar-refractivity contribution in [3.05, 3.63) is 136 Å². The van der Waals surface area contributed by atoms with Gasteiger partial charge in [0, 0.05) is 30.8 Å². The van der Waals surface area contributed by atoms with Crippen LogP contribution in [0.3, 0.4) is 0 Å². The highest BCUT2D eigenvalue weighted by atomic mass is 35.5. The summed E-state index contributed by atoms with van der Waals surface area (Å²) in [7, 11) is -22.2. The maximum atomic E-state index is 14.0. The van der Waals surface area contributed by atoms with Crippen LogP contribution in [-0.4, -0.2) is 166 Å². The van der Waals surface area contributed by atoms with Gasteiger partial charge in [-0.3, -0.25) is 30.1 Å². The zero-order valence-electron chi connectivity index (χ0n) is 54.7. The number of nitrogens with one attached hydrogen (secondary N) is 6. The number of carbonyl (C=O) groups is 2. The molecule has 0 radical (unpaired) electrons. The quantitative estimate of drug-likeness (QED) is 0.0168. The monoisotopic (exact) mass is 1620 g/mol. The number of aromatic carboxylic acids is 2. The lowest BCUT2D eigenvalue weighted by Crippen LogP contribution is -2.36. The number of hydrogen-bond donors (Lipinski definition) is 6. The van der Waals surface area contributed by atoms with Gasteiger partial charge in [-0.1, -0.05) is 23.2 Å². The van der Waals surface area contributed by atoms with Crippen LogP contribution in [0.15, 0.2) is 148 Å². The molecule has 0 amide bonds. The van der Waals surface area contributed by atoms with Crippen LogP contribution < -0.4 is 61.3 Å². The number of pyridine rings is 2. The van der Waals surface area contributed by atoms with E-state index in [2.05, 4.69) is 84.3 Å². The molecule has 11 rings (SSSR count). The fourth-order valence-electron chi connectivity index (χ4n) is 9.87. The fraction of sp³-hybridized carbons (Fsp3) is 0.172. The minimum absolute atomic E-state index is 0.0402. The number of halogens is 2. The average molecular weight is 1620 g/mol. The second kappa shape index (κ2) is 30.1. The van der Waals surface area contributed by atoms with Crippen LogP contribution in [0.2, 0.25) is 10.0 Å². The Morgan fingerprint density at radius 1 is 0.519 bits per heavy atom. The number of ether oxygens (including phenoxy) is 1. The zero-order valence-corrected chi connectivity index (χ0v) is 61.1. The summed E-state index contributed by atoms with van der Waals surface area (Å²) in [5.41, 5.74) is -2.48. The molecule has 106 heavy (non-hydrogen) atoms. The van der Waals surface area contributed by atoms with E-state index in [4.69, 9.17) is 44.9 Å². The molecule has 8 aromatic rings. The normalized spacial score (nSPS) is 12.8. The highest BCUT2D eigenvalue weighted by molar-refractivity contribution is 7.88. The van der Waals surface area contributed by atoms with Gasteiger partial charge in [-0.25, -0.2) is 14.1 Å². The molecule has 0 atom stereocenters. The van der Waals surface area contributed by atoms with Gasteiger partial charge in [0.25, 0.3) is 40.5 Å². The van der Waals surface area contributed by atoms with Crippen molar-refractivity contribution in [2.45, 2.75) is 29.4 Å². The summed E-state index contributed by atoms with van der Waals surface area (Å²) in [5.74, 6) is -6.25. The second-order valence-corrected chi connectivity index (χ2v) is 32.0. The molecule has 4 aromatic carbocycles. The van der Waals surface area contributed by atoms with E-state index in [1.54, 1.807) is 0 Å². The third-order valence-corrected chi connectivity index (χ3v) is 23.5. The first-order chi connectivity index (χ1) is 50.2. The summed E-state index contributed by atoms with van der Waals surface area (Å²) in [6, 6.07) is 15.9. The molecule has 0 unspecified atom stereocenters. The highest BCUT2D eigenvalue weighted by Gasteiger charge is 2.37. The summed E-state index contributed by atoms with van der Waals surface area (Å²) in [4.78, 5) is 55.4. The molecule has 40 nitrogen and oxygen atoms in total. The number of carboxylic acid groups (broad SMARTS) is 2. The van der Waals surface area contributed by atoms with Crippen molar-refractivity contribution < 1.29 is 114 Å². The van der Waals surface area contributed by atoms with Gasteiger partial charge in [0.05, 0.1) is 124 Å². The Hall–Kier alpha value is -10.6. The lowest BCUT2D eigenvalue weighted by Gasteiger charge is -2.27.